The first-order valence-electron chi connectivity index (χ1n) is 13.5. The minimum Gasteiger partial charge on any atom is -0.277 e. The summed E-state index contributed by atoms with van der Waals surface area (Å²) in [6, 6.07) is 29.8. The molecule has 6 heteroatoms. The summed E-state index contributed by atoms with van der Waals surface area (Å²) < 4.78 is 0. The molecule has 200 valence electrons. The second-order valence-corrected chi connectivity index (χ2v) is 10.4. The van der Waals surface area contributed by atoms with Gasteiger partial charge in [-0.2, -0.15) is 0 Å². The summed E-state index contributed by atoms with van der Waals surface area (Å²) in [7, 11) is 0. The fourth-order valence-corrected chi connectivity index (χ4v) is 6.35. The SMILES string of the molecule is C=CC=C(C=CCCl)N1C(=O)C2C(c3ccccc3)C=C3CC(c4ccccc4)N(c4ccccc4)N3C2C1=O. The van der Waals surface area contributed by atoms with Crippen molar-refractivity contribution in [1.82, 2.24) is 9.91 Å². The predicted octanol–water partition coefficient (Wildman–Crippen LogP) is 6.75. The number of hydrazine groups is 1. The third kappa shape index (κ3) is 4.37. The van der Waals surface area contributed by atoms with Crippen molar-refractivity contribution in [3.8, 4) is 0 Å². The van der Waals surface area contributed by atoms with Gasteiger partial charge in [0.05, 0.1) is 23.3 Å². The van der Waals surface area contributed by atoms with Crippen molar-refractivity contribution in [3.05, 3.63) is 150 Å². The molecule has 0 N–H and O–H groups in total. The Morgan fingerprint density at radius 2 is 1.48 bits per heavy atom. The highest BCUT2D eigenvalue weighted by Gasteiger charge is 2.60. The van der Waals surface area contributed by atoms with Gasteiger partial charge in [-0.3, -0.25) is 19.6 Å². The van der Waals surface area contributed by atoms with Crippen LogP contribution in [0.3, 0.4) is 0 Å². The summed E-state index contributed by atoms with van der Waals surface area (Å²) in [6.07, 6.45) is 9.65. The van der Waals surface area contributed by atoms with Crippen LogP contribution in [0, 0.1) is 5.92 Å². The van der Waals surface area contributed by atoms with E-state index < -0.39 is 12.0 Å². The maximum Gasteiger partial charge on any atom is 0.259 e. The zero-order valence-corrected chi connectivity index (χ0v) is 22.8. The minimum absolute atomic E-state index is 0.0266. The van der Waals surface area contributed by atoms with E-state index >= 15 is 0 Å². The van der Waals surface area contributed by atoms with Crippen LogP contribution >= 0.6 is 11.6 Å². The maximum atomic E-state index is 14.4. The van der Waals surface area contributed by atoms with Crippen LogP contribution in [-0.4, -0.2) is 33.6 Å². The number of nitrogens with zero attached hydrogens (tertiary/aromatic N) is 3. The van der Waals surface area contributed by atoms with Crippen LogP contribution in [0.5, 0.6) is 0 Å². The number of halogens is 1. The predicted molar refractivity (Wildman–Crippen MR) is 159 cm³/mol. The van der Waals surface area contributed by atoms with Gasteiger partial charge in [-0.05, 0) is 35.4 Å². The van der Waals surface area contributed by atoms with Gasteiger partial charge in [0.15, 0.2) is 0 Å². The molecule has 3 aromatic carbocycles. The molecule has 0 bridgehead atoms. The van der Waals surface area contributed by atoms with E-state index in [-0.39, 0.29) is 29.7 Å². The Kier molecular flexibility index (Phi) is 7.14. The van der Waals surface area contributed by atoms with Crippen LogP contribution in [0.2, 0.25) is 0 Å². The first kappa shape index (κ1) is 25.9. The van der Waals surface area contributed by atoms with Gasteiger partial charge in [-0.25, -0.2) is 4.90 Å². The normalized spacial score (nSPS) is 24.4. The van der Waals surface area contributed by atoms with Crippen LogP contribution in [-0.2, 0) is 9.59 Å². The number of anilines is 1. The van der Waals surface area contributed by atoms with E-state index in [0.29, 0.717) is 12.1 Å². The van der Waals surface area contributed by atoms with E-state index in [9.17, 15) is 9.59 Å². The van der Waals surface area contributed by atoms with Crippen molar-refractivity contribution in [3.63, 3.8) is 0 Å². The average Bonchev–Trinajstić information content (AvgIpc) is 3.51. The van der Waals surface area contributed by atoms with Crippen molar-refractivity contribution in [2.45, 2.75) is 24.4 Å². The van der Waals surface area contributed by atoms with Gasteiger partial charge in [0.25, 0.3) is 5.91 Å². The summed E-state index contributed by atoms with van der Waals surface area (Å²) in [5.41, 5.74) is 4.66. The molecule has 3 aliphatic rings. The monoisotopic (exact) mass is 547 g/mol. The zero-order valence-electron chi connectivity index (χ0n) is 22.0. The highest BCUT2D eigenvalue weighted by Crippen LogP contribution is 2.52. The fraction of sp³-hybridized carbons (Fsp3) is 0.176. The molecule has 0 saturated carbocycles. The van der Waals surface area contributed by atoms with Gasteiger partial charge in [0, 0.05) is 23.9 Å². The first-order chi connectivity index (χ1) is 19.6. The Bertz CT molecular complexity index is 1500. The minimum atomic E-state index is -0.704. The summed E-state index contributed by atoms with van der Waals surface area (Å²) in [6.45, 7) is 3.81. The molecule has 5 nitrogen and oxygen atoms in total. The van der Waals surface area contributed by atoms with Crippen LogP contribution in [0.25, 0.3) is 0 Å². The lowest BCUT2D eigenvalue weighted by Gasteiger charge is -2.43. The van der Waals surface area contributed by atoms with Crippen molar-refractivity contribution in [1.29, 1.82) is 0 Å². The van der Waals surface area contributed by atoms with Gasteiger partial charge in [0.1, 0.15) is 6.04 Å². The number of fused-ring (bicyclic) bond motifs is 3. The molecule has 6 rings (SSSR count). The van der Waals surface area contributed by atoms with Crippen molar-refractivity contribution >= 4 is 29.1 Å². The first-order valence-corrected chi connectivity index (χ1v) is 14.0. The second kappa shape index (κ2) is 11.0. The number of rotatable bonds is 7. The molecule has 2 fully saturated rings. The lowest BCUT2D eigenvalue weighted by molar-refractivity contribution is -0.137. The number of carbonyl (C=O) groups excluding carboxylic acids is 2. The van der Waals surface area contributed by atoms with Gasteiger partial charge in [0.2, 0.25) is 5.91 Å². The molecular formula is C34H30ClN3O2. The lowest BCUT2D eigenvalue weighted by atomic mass is 9.79. The third-order valence-electron chi connectivity index (χ3n) is 7.88. The molecule has 0 aliphatic carbocycles. The molecular weight excluding hydrogens is 518 g/mol. The number of hydrogen-bond donors (Lipinski definition) is 0. The van der Waals surface area contributed by atoms with Crippen LogP contribution in [0.1, 0.15) is 29.5 Å². The molecule has 2 amide bonds. The van der Waals surface area contributed by atoms with Crippen LogP contribution < -0.4 is 5.01 Å². The number of allylic oxidation sites excluding steroid dienone is 5. The molecule has 3 aliphatic heterocycles. The van der Waals surface area contributed by atoms with Gasteiger partial charge in [-0.1, -0.05) is 104 Å². The van der Waals surface area contributed by atoms with Crippen molar-refractivity contribution < 1.29 is 9.59 Å². The van der Waals surface area contributed by atoms with E-state index in [1.54, 1.807) is 24.3 Å². The van der Waals surface area contributed by atoms with E-state index in [2.05, 4.69) is 46.9 Å². The quantitative estimate of drug-likeness (QED) is 0.186. The highest BCUT2D eigenvalue weighted by atomic mass is 35.5. The number of imide groups is 1. The molecule has 40 heavy (non-hydrogen) atoms. The Morgan fingerprint density at radius 3 is 2.10 bits per heavy atom. The Balaban J connectivity index is 1.54. The van der Waals surface area contributed by atoms with E-state index in [4.69, 9.17) is 11.6 Å². The van der Waals surface area contributed by atoms with Gasteiger partial charge in [-0.15, -0.1) is 11.6 Å². The fourth-order valence-electron chi connectivity index (χ4n) is 6.26. The maximum absolute atomic E-state index is 14.4. The average molecular weight is 548 g/mol. The summed E-state index contributed by atoms with van der Waals surface area (Å²) >= 11 is 5.93. The number of hydrogen-bond acceptors (Lipinski definition) is 4. The smallest absolute Gasteiger partial charge is 0.259 e. The molecule has 0 aromatic heterocycles. The topological polar surface area (TPSA) is 43.9 Å². The largest absolute Gasteiger partial charge is 0.277 e. The number of benzene rings is 3. The third-order valence-corrected chi connectivity index (χ3v) is 8.06. The van der Waals surface area contributed by atoms with E-state index in [0.717, 1.165) is 22.5 Å². The van der Waals surface area contributed by atoms with Crippen molar-refractivity contribution in [2.24, 2.45) is 5.92 Å². The summed E-state index contributed by atoms with van der Waals surface area (Å²) in [5.74, 6) is -1.04. The Hall–Kier alpha value is -4.35. The summed E-state index contributed by atoms with van der Waals surface area (Å²) in [4.78, 5) is 30.0. The van der Waals surface area contributed by atoms with Gasteiger partial charge >= 0.3 is 0 Å². The highest BCUT2D eigenvalue weighted by molar-refractivity contribution is 6.19. The molecule has 3 aromatic rings. The number of para-hydroxylation sites is 1. The van der Waals surface area contributed by atoms with Crippen molar-refractivity contribution in [2.75, 3.05) is 10.9 Å². The second-order valence-electron chi connectivity index (χ2n) is 10.1. The van der Waals surface area contributed by atoms with Crippen LogP contribution in [0.4, 0.5) is 5.69 Å². The number of alkyl halides is 1. The molecule has 0 spiro atoms. The molecule has 4 atom stereocenters. The standard InChI is InChI=1S/C34H30ClN3O2/c1-2-13-26(20-12-21-35)36-33(39)31-29(24-14-6-3-7-15-24)22-28-23-30(25-16-8-4-9-17-25)37(27-18-10-5-11-19-27)38(28)32(31)34(36)40/h2-20,22,29-32H,1,21,23H2. The number of amides is 2. The number of likely N-dealkylation sites (tertiary alicyclic amines) is 1. The molecule has 0 radical (unpaired) electrons. The van der Waals surface area contributed by atoms with E-state index in [1.807, 2.05) is 66.7 Å². The lowest BCUT2D eigenvalue weighted by Crippen LogP contribution is -2.53. The molecule has 3 heterocycles. The number of carbonyl (C=O) groups is 2. The van der Waals surface area contributed by atoms with Gasteiger partial charge < -0.3 is 0 Å². The zero-order chi connectivity index (χ0) is 27.6. The van der Waals surface area contributed by atoms with E-state index in [1.165, 1.54) is 4.90 Å². The Morgan fingerprint density at radius 1 is 0.850 bits per heavy atom. The molecule has 4 unspecified atom stereocenters. The summed E-state index contributed by atoms with van der Waals surface area (Å²) in [5, 5.41) is 4.30. The molecule has 2 saturated heterocycles. The van der Waals surface area contributed by atoms with Crippen LogP contribution in [0.15, 0.2) is 139 Å². The Labute approximate surface area is 239 Å².